The molecule has 0 aliphatic carbocycles. The van der Waals surface area contributed by atoms with Crippen molar-refractivity contribution in [3.05, 3.63) is 11.6 Å². The van der Waals surface area contributed by atoms with Crippen LogP contribution in [-0.2, 0) is 0 Å². The van der Waals surface area contributed by atoms with Gasteiger partial charge in [0.2, 0.25) is 0 Å². The Kier molecular flexibility index (Phi) is 15.0. The molecular weight excluding hydrogens is 280 g/mol. The van der Waals surface area contributed by atoms with Crippen LogP contribution in [0.15, 0.2) is 11.6 Å². The number of allylic oxidation sites excluding steroid dienone is 1. The fraction of sp³-hybridized carbons (Fsp3) is 0.909. The normalized spacial score (nSPS) is 16.3. The molecule has 0 saturated heterocycles. The summed E-state index contributed by atoms with van der Waals surface area (Å²) in [6.45, 7) is 11.9. The van der Waals surface area contributed by atoms with E-state index in [0.29, 0.717) is 0 Å². The van der Waals surface area contributed by atoms with Crippen LogP contribution in [-0.4, -0.2) is 11.7 Å². The van der Waals surface area contributed by atoms with Gasteiger partial charge < -0.3 is 5.11 Å². The van der Waals surface area contributed by atoms with E-state index in [4.69, 9.17) is 5.11 Å². The third-order valence-electron chi connectivity index (χ3n) is 5.28. The van der Waals surface area contributed by atoms with E-state index in [1.54, 1.807) is 0 Å². The number of hydrogen-bond donors (Lipinski definition) is 1. The molecule has 0 aromatic heterocycles. The lowest BCUT2D eigenvalue weighted by Gasteiger charge is -2.16. The fourth-order valence-corrected chi connectivity index (χ4v) is 3.54. The van der Waals surface area contributed by atoms with E-state index in [-0.39, 0.29) is 6.61 Å². The van der Waals surface area contributed by atoms with E-state index in [2.05, 4.69) is 34.6 Å². The molecule has 0 radical (unpaired) electrons. The van der Waals surface area contributed by atoms with Crippen LogP contribution in [0.5, 0.6) is 0 Å². The van der Waals surface area contributed by atoms with Crippen LogP contribution in [0.3, 0.4) is 0 Å². The smallest absolute Gasteiger partial charge is 0.0614 e. The van der Waals surface area contributed by atoms with Crippen molar-refractivity contribution < 1.29 is 5.11 Å². The summed E-state index contributed by atoms with van der Waals surface area (Å²) in [7, 11) is 0. The maximum Gasteiger partial charge on any atom is 0.0614 e. The molecule has 138 valence electrons. The van der Waals surface area contributed by atoms with Gasteiger partial charge in [0, 0.05) is 0 Å². The van der Waals surface area contributed by atoms with E-state index in [1.807, 2.05) is 6.08 Å². The molecule has 0 heterocycles. The van der Waals surface area contributed by atoms with Crippen molar-refractivity contribution in [3.63, 3.8) is 0 Å². The lowest BCUT2D eigenvalue weighted by atomic mass is 9.91. The van der Waals surface area contributed by atoms with Crippen LogP contribution >= 0.6 is 0 Å². The van der Waals surface area contributed by atoms with Gasteiger partial charge in [0.05, 0.1) is 6.61 Å². The molecule has 23 heavy (non-hydrogen) atoms. The first-order chi connectivity index (χ1) is 11.0. The molecule has 0 saturated carbocycles. The Morgan fingerprint density at radius 1 is 0.783 bits per heavy atom. The molecule has 0 rings (SSSR count). The zero-order valence-corrected chi connectivity index (χ0v) is 16.7. The van der Waals surface area contributed by atoms with Gasteiger partial charge in [-0.15, -0.1) is 0 Å². The van der Waals surface area contributed by atoms with Crippen LogP contribution in [0.25, 0.3) is 0 Å². The fourth-order valence-electron chi connectivity index (χ4n) is 3.54. The summed E-state index contributed by atoms with van der Waals surface area (Å²) in [6.07, 6.45) is 16.9. The number of aliphatic hydroxyl groups is 1. The molecule has 0 aliphatic heterocycles. The predicted molar refractivity (Wildman–Crippen MR) is 105 cm³/mol. The second-order valence-corrected chi connectivity index (χ2v) is 8.09. The molecule has 3 atom stereocenters. The second kappa shape index (κ2) is 15.2. The Morgan fingerprint density at radius 2 is 1.22 bits per heavy atom. The zero-order chi connectivity index (χ0) is 17.5. The molecule has 1 heteroatoms. The SMILES string of the molecule is CCCC(C)CCC[C@@H](C)CCC[C@@H](C)CCC/C(C)=C/CO. The Labute approximate surface area is 147 Å². The van der Waals surface area contributed by atoms with Crippen molar-refractivity contribution in [2.45, 2.75) is 105 Å². The molecule has 1 unspecified atom stereocenters. The van der Waals surface area contributed by atoms with Crippen molar-refractivity contribution in [2.24, 2.45) is 17.8 Å². The summed E-state index contributed by atoms with van der Waals surface area (Å²) in [6, 6.07) is 0. The van der Waals surface area contributed by atoms with Crippen molar-refractivity contribution in [1.82, 2.24) is 0 Å². The highest BCUT2D eigenvalue weighted by Gasteiger charge is 2.07. The molecule has 0 aromatic rings. The summed E-state index contributed by atoms with van der Waals surface area (Å²) in [5.41, 5.74) is 1.34. The number of rotatable bonds is 15. The van der Waals surface area contributed by atoms with Crippen LogP contribution in [0.4, 0.5) is 0 Å². The van der Waals surface area contributed by atoms with Crippen molar-refractivity contribution in [2.75, 3.05) is 6.61 Å². The van der Waals surface area contributed by atoms with Gasteiger partial charge in [-0.2, -0.15) is 0 Å². The van der Waals surface area contributed by atoms with Crippen molar-refractivity contribution in [1.29, 1.82) is 0 Å². The molecule has 0 bridgehead atoms. The van der Waals surface area contributed by atoms with Gasteiger partial charge in [0.15, 0.2) is 0 Å². The lowest BCUT2D eigenvalue weighted by Crippen LogP contribution is -2.01. The van der Waals surface area contributed by atoms with E-state index < -0.39 is 0 Å². The van der Waals surface area contributed by atoms with Gasteiger partial charge in [0.25, 0.3) is 0 Å². The Bertz CT molecular complexity index is 282. The van der Waals surface area contributed by atoms with Crippen molar-refractivity contribution >= 4 is 0 Å². The van der Waals surface area contributed by atoms with E-state index in [9.17, 15) is 0 Å². The monoisotopic (exact) mass is 324 g/mol. The minimum absolute atomic E-state index is 0.191. The maximum atomic E-state index is 8.86. The first kappa shape index (κ1) is 22.7. The molecule has 1 nitrogen and oxygen atoms in total. The number of aliphatic hydroxyl groups excluding tert-OH is 1. The van der Waals surface area contributed by atoms with Gasteiger partial charge in [-0.1, -0.05) is 97.1 Å². The highest BCUT2D eigenvalue weighted by Crippen LogP contribution is 2.22. The largest absolute Gasteiger partial charge is 0.392 e. The van der Waals surface area contributed by atoms with Crippen LogP contribution in [0, 0.1) is 17.8 Å². The summed E-state index contributed by atoms with van der Waals surface area (Å²) in [5, 5.41) is 8.86. The minimum Gasteiger partial charge on any atom is -0.392 e. The lowest BCUT2D eigenvalue weighted by molar-refractivity contribution is 0.341. The molecular formula is C22H44O. The third-order valence-corrected chi connectivity index (χ3v) is 5.28. The first-order valence-electron chi connectivity index (χ1n) is 10.3. The summed E-state index contributed by atoms with van der Waals surface area (Å²) in [5.74, 6) is 2.69. The minimum atomic E-state index is 0.191. The average molecular weight is 325 g/mol. The molecule has 0 aromatic carbocycles. The van der Waals surface area contributed by atoms with E-state index in [1.165, 1.54) is 69.8 Å². The van der Waals surface area contributed by atoms with Gasteiger partial charge in [-0.3, -0.25) is 0 Å². The molecule has 0 fully saturated rings. The van der Waals surface area contributed by atoms with Crippen LogP contribution < -0.4 is 0 Å². The van der Waals surface area contributed by atoms with E-state index >= 15 is 0 Å². The second-order valence-electron chi connectivity index (χ2n) is 8.09. The zero-order valence-electron chi connectivity index (χ0n) is 16.7. The highest BCUT2D eigenvalue weighted by atomic mass is 16.2. The van der Waals surface area contributed by atoms with Crippen LogP contribution in [0.2, 0.25) is 0 Å². The third kappa shape index (κ3) is 15.0. The highest BCUT2D eigenvalue weighted by molar-refractivity contribution is 4.97. The predicted octanol–water partition coefficient (Wildman–Crippen LogP) is 7.14. The van der Waals surface area contributed by atoms with Gasteiger partial charge in [0.1, 0.15) is 0 Å². The summed E-state index contributed by atoms with van der Waals surface area (Å²) >= 11 is 0. The maximum absolute atomic E-state index is 8.86. The standard InChI is InChI=1S/C22H44O/c1-6-10-19(2)11-7-12-20(3)13-8-14-21(4)15-9-16-22(5)17-18-23/h17,19-21,23H,6-16,18H2,1-5H3/b22-17+/t19?,20-,21-/m1/s1. The number of hydrogen-bond acceptors (Lipinski definition) is 1. The van der Waals surface area contributed by atoms with Gasteiger partial charge in [-0.05, 0) is 37.5 Å². The average Bonchev–Trinajstić information content (AvgIpc) is 2.47. The molecule has 0 aliphatic rings. The quantitative estimate of drug-likeness (QED) is 0.317. The van der Waals surface area contributed by atoms with Gasteiger partial charge in [-0.25, -0.2) is 0 Å². The Hall–Kier alpha value is -0.300. The van der Waals surface area contributed by atoms with E-state index in [0.717, 1.165) is 24.2 Å². The van der Waals surface area contributed by atoms with Crippen molar-refractivity contribution in [3.8, 4) is 0 Å². The Balaban J connectivity index is 3.55. The molecule has 0 spiro atoms. The molecule has 1 N–H and O–H groups in total. The summed E-state index contributed by atoms with van der Waals surface area (Å²) < 4.78 is 0. The first-order valence-corrected chi connectivity index (χ1v) is 10.3. The van der Waals surface area contributed by atoms with Crippen LogP contribution in [0.1, 0.15) is 105 Å². The van der Waals surface area contributed by atoms with Gasteiger partial charge >= 0.3 is 0 Å². The molecule has 0 amide bonds. The topological polar surface area (TPSA) is 20.2 Å². The Morgan fingerprint density at radius 3 is 1.65 bits per heavy atom. The summed E-state index contributed by atoms with van der Waals surface area (Å²) in [4.78, 5) is 0.